The second-order valence-corrected chi connectivity index (χ2v) is 4.12. The number of para-hydroxylation sites is 1. The summed E-state index contributed by atoms with van der Waals surface area (Å²) in [7, 11) is 1.66. The first kappa shape index (κ1) is 15.0. The van der Waals surface area contributed by atoms with Crippen molar-refractivity contribution in [2.75, 3.05) is 26.9 Å². The Morgan fingerprint density at radius 2 is 2.06 bits per heavy atom. The lowest BCUT2D eigenvalue weighted by Crippen LogP contribution is -2.31. The predicted octanol–water partition coefficient (Wildman–Crippen LogP) is 1.57. The average molecular weight is 253 g/mol. The number of hydrogen-bond donors (Lipinski definition) is 2. The van der Waals surface area contributed by atoms with Crippen LogP contribution >= 0.6 is 0 Å². The summed E-state index contributed by atoms with van der Waals surface area (Å²) in [5, 5.41) is 12.4. The number of rotatable bonds is 9. The lowest BCUT2D eigenvalue weighted by atomic mass is 10.1. The lowest BCUT2D eigenvalue weighted by Gasteiger charge is -2.16. The highest BCUT2D eigenvalue weighted by molar-refractivity contribution is 5.33. The summed E-state index contributed by atoms with van der Waals surface area (Å²) in [5.41, 5.74) is 1.10. The van der Waals surface area contributed by atoms with Crippen LogP contribution in [0.15, 0.2) is 24.3 Å². The van der Waals surface area contributed by atoms with Crippen LogP contribution < -0.4 is 10.1 Å². The molecule has 0 heterocycles. The zero-order valence-corrected chi connectivity index (χ0v) is 11.2. The molecule has 102 valence electrons. The van der Waals surface area contributed by atoms with Gasteiger partial charge in [0.25, 0.3) is 0 Å². The molecule has 4 nitrogen and oxygen atoms in total. The highest BCUT2D eigenvalue weighted by Crippen LogP contribution is 2.17. The van der Waals surface area contributed by atoms with Crippen molar-refractivity contribution < 1.29 is 14.6 Å². The molecule has 1 rings (SSSR count). The van der Waals surface area contributed by atoms with Crippen molar-refractivity contribution in [3.8, 4) is 5.75 Å². The van der Waals surface area contributed by atoms with E-state index in [9.17, 15) is 0 Å². The molecule has 0 aromatic heterocycles. The van der Waals surface area contributed by atoms with Gasteiger partial charge in [0.15, 0.2) is 0 Å². The summed E-state index contributed by atoms with van der Waals surface area (Å²) in [4.78, 5) is 0. The van der Waals surface area contributed by atoms with Crippen LogP contribution in [0.4, 0.5) is 0 Å². The van der Waals surface area contributed by atoms with E-state index in [1.807, 2.05) is 24.3 Å². The third-order valence-electron chi connectivity index (χ3n) is 2.81. The first-order chi connectivity index (χ1) is 8.81. The van der Waals surface area contributed by atoms with Gasteiger partial charge < -0.3 is 19.9 Å². The maximum Gasteiger partial charge on any atom is 0.123 e. The SMILES string of the molecule is CCC(CO)NCc1ccccc1OCCOC. The third-order valence-corrected chi connectivity index (χ3v) is 2.81. The van der Waals surface area contributed by atoms with Gasteiger partial charge in [-0.1, -0.05) is 25.1 Å². The molecular formula is C14H23NO3. The number of aliphatic hydroxyl groups excluding tert-OH is 1. The number of ether oxygens (including phenoxy) is 2. The fraction of sp³-hybridized carbons (Fsp3) is 0.571. The van der Waals surface area contributed by atoms with E-state index < -0.39 is 0 Å². The van der Waals surface area contributed by atoms with Gasteiger partial charge in [-0.05, 0) is 12.5 Å². The highest BCUT2D eigenvalue weighted by atomic mass is 16.5. The minimum Gasteiger partial charge on any atom is -0.491 e. The fourth-order valence-electron chi connectivity index (χ4n) is 1.62. The largest absolute Gasteiger partial charge is 0.491 e. The van der Waals surface area contributed by atoms with Crippen LogP contribution in [-0.4, -0.2) is 38.1 Å². The Labute approximate surface area is 109 Å². The molecule has 0 saturated carbocycles. The van der Waals surface area contributed by atoms with Crippen molar-refractivity contribution in [1.82, 2.24) is 5.32 Å². The van der Waals surface area contributed by atoms with Crippen LogP contribution in [0.5, 0.6) is 5.75 Å². The quantitative estimate of drug-likeness (QED) is 0.656. The second kappa shape index (κ2) is 8.91. The van der Waals surface area contributed by atoms with Crippen LogP contribution in [0.25, 0.3) is 0 Å². The molecule has 0 spiro atoms. The summed E-state index contributed by atoms with van der Waals surface area (Å²) in [6.45, 7) is 4.03. The molecule has 0 saturated heterocycles. The molecule has 4 heteroatoms. The molecule has 1 aromatic carbocycles. The zero-order chi connectivity index (χ0) is 13.2. The molecule has 18 heavy (non-hydrogen) atoms. The Balaban J connectivity index is 2.52. The molecule has 0 amide bonds. The van der Waals surface area contributed by atoms with Crippen LogP contribution in [0.2, 0.25) is 0 Å². The molecule has 0 bridgehead atoms. The van der Waals surface area contributed by atoms with E-state index in [0.717, 1.165) is 17.7 Å². The summed E-state index contributed by atoms with van der Waals surface area (Å²) >= 11 is 0. The molecule has 0 aliphatic heterocycles. The van der Waals surface area contributed by atoms with Gasteiger partial charge in [-0.2, -0.15) is 0 Å². The van der Waals surface area contributed by atoms with Crippen molar-refractivity contribution in [3.05, 3.63) is 29.8 Å². The van der Waals surface area contributed by atoms with Crippen LogP contribution in [-0.2, 0) is 11.3 Å². The molecule has 0 radical (unpaired) electrons. The monoisotopic (exact) mass is 253 g/mol. The van der Waals surface area contributed by atoms with E-state index >= 15 is 0 Å². The smallest absolute Gasteiger partial charge is 0.123 e. The Morgan fingerprint density at radius 3 is 2.72 bits per heavy atom. The molecule has 0 aliphatic carbocycles. The van der Waals surface area contributed by atoms with Gasteiger partial charge in [0, 0.05) is 25.3 Å². The van der Waals surface area contributed by atoms with E-state index in [4.69, 9.17) is 14.6 Å². The number of nitrogens with one attached hydrogen (secondary N) is 1. The van der Waals surface area contributed by atoms with Crippen molar-refractivity contribution in [3.63, 3.8) is 0 Å². The van der Waals surface area contributed by atoms with Gasteiger partial charge in [0.1, 0.15) is 12.4 Å². The van der Waals surface area contributed by atoms with Gasteiger partial charge in [-0.3, -0.25) is 0 Å². The number of aliphatic hydroxyl groups is 1. The van der Waals surface area contributed by atoms with Gasteiger partial charge >= 0.3 is 0 Å². The van der Waals surface area contributed by atoms with Crippen molar-refractivity contribution in [1.29, 1.82) is 0 Å². The van der Waals surface area contributed by atoms with Gasteiger partial charge in [-0.15, -0.1) is 0 Å². The topological polar surface area (TPSA) is 50.7 Å². The minimum atomic E-state index is 0.136. The van der Waals surface area contributed by atoms with E-state index in [2.05, 4.69) is 12.2 Å². The Bertz CT molecular complexity index is 327. The molecule has 0 fully saturated rings. The van der Waals surface area contributed by atoms with Crippen LogP contribution in [0, 0.1) is 0 Å². The van der Waals surface area contributed by atoms with Crippen LogP contribution in [0.3, 0.4) is 0 Å². The maximum atomic E-state index is 9.14. The van der Waals surface area contributed by atoms with Crippen molar-refractivity contribution in [2.24, 2.45) is 0 Å². The lowest BCUT2D eigenvalue weighted by molar-refractivity contribution is 0.145. The number of benzene rings is 1. The average Bonchev–Trinajstić information content (AvgIpc) is 2.41. The van der Waals surface area contributed by atoms with Crippen molar-refractivity contribution >= 4 is 0 Å². The predicted molar refractivity (Wildman–Crippen MR) is 71.8 cm³/mol. The normalized spacial score (nSPS) is 12.4. The molecule has 1 atom stereocenters. The zero-order valence-electron chi connectivity index (χ0n) is 11.2. The second-order valence-electron chi connectivity index (χ2n) is 4.12. The first-order valence-corrected chi connectivity index (χ1v) is 6.35. The van der Waals surface area contributed by atoms with Crippen molar-refractivity contribution in [2.45, 2.75) is 25.9 Å². The standard InChI is InChI=1S/C14H23NO3/c1-3-13(11-16)15-10-12-6-4-5-7-14(12)18-9-8-17-2/h4-7,13,15-16H,3,8-11H2,1-2H3. The van der Waals surface area contributed by atoms with Gasteiger partial charge in [-0.25, -0.2) is 0 Å². The summed E-state index contributed by atoms with van der Waals surface area (Å²) in [5.74, 6) is 0.870. The van der Waals surface area contributed by atoms with E-state index in [0.29, 0.717) is 19.8 Å². The summed E-state index contributed by atoms with van der Waals surface area (Å²) in [6.07, 6.45) is 0.906. The molecular weight excluding hydrogens is 230 g/mol. The van der Waals surface area contributed by atoms with Gasteiger partial charge in [0.2, 0.25) is 0 Å². The summed E-state index contributed by atoms with van der Waals surface area (Å²) in [6, 6.07) is 8.05. The van der Waals surface area contributed by atoms with E-state index in [1.54, 1.807) is 7.11 Å². The third kappa shape index (κ3) is 5.04. The van der Waals surface area contributed by atoms with Crippen LogP contribution in [0.1, 0.15) is 18.9 Å². The molecule has 0 aliphatic rings. The highest BCUT2D eigenvalue weighted by Gasteiger charge is 2.06. The Kier molecular flexibility index (Phi) is 7.41. The fourth-order valence-corrected chi connectivity index (χ4v) is 1.62. The van der Waals surface area contributed by atoms with E-state index in [-0.39, 0.29) is 12.6 Å². The minimum absolute atomic E-state index is 0.136. The Hall–Kier alpha value is -1.10. The van der Waals surface area contributed by atoms with Gasteiger partial charge in [0.05, 0.1) is 13.2 Å². The molecule has 1 aromatic rings. The van der Waals surface area contributed by atoms with E-state index in [1.165, 1.54) is 0 Å². The molecule has 2 N–H and O–H groups in total. The number of methoxy groups -OCH3 is 1. The summed E-state index contributed by atoms with van der Waals surface area (Å²) < 4.78 is 10.6. The Morgan fingerprint density at radius 1 is 1.28 bits per heavy atom. The first-order valence-electron chi connectivity index (χ1n) is 6.35. The number of hydrogen-bond acceptors (Lipinski definition) is 4. The molecule has 1 unspecified atom stereocenters. The maximum absolute atomic E-state index is 9.14.